The molecule has 0 radical (unpaired) electrons. The summed E-state index contributed by atoms with van der Waals surface area (Å²) in [5, 5.41) is 2.95. The van der Waals surface area contributed by atoms with Crippen molar-refractivity contribution < 1.29 is 22.7 Å². The molecule has 1 aliphatic carbocycles. The van der Waals surface area contributed by atoms with Crippen molar-refractivity contribution in [1.82, 2.24) is 10.2 Å². The van der Waals surface area contributed by atoms with E-state index >= 15 is 0 Å². The largest absolute Gasteiger partial charge is 0.485 e. The van der Waals surface area contributed by atoms with Gasteiger partial charge in [0, 0.05) is 19.0 Å². The number of sulfone groups is 1. The monoisotopic (exact) mass is 392 g/mol. The van der Waals surface area contributed by atoms with Crippen LogP contribution in [0.4, 0.5) is 0 Å². The third-order valence-corrected chi connectivity index (χ3v) is 7.54. The van der Waals surface area contributed by atoms with Crippen LogP contribution in [0.1, 0.15) is 36.0 Å². The minimum Gasteiger partial charge on any atom is -0.485 e. The normalized spacial score (nSPS) is 30.0. The van der Waals surface area contributed by atoms with Gasteiger partial charge in [-0.2, -0.15) is 0 Å². The van der Waals surface area contributed by atoms with E-state index in [1.54, 1.807) is 11.0 Å². The third kappa shape index (κ3) is 3.67. The van der Waals surface area contributed by atoms with Crippen LogP contribution in [0.25, 0.3) is 0 Å². The van der Waals surface area contributed by atoms with Crippen LogP contribution < -0.4 is 10.1 Å². The van der Waals surface area contributed by atoms with Gasteiger partial charge in [0.15, 0.2) is 9.84 Å². The standard InChI is InChI=1S/C19H24N2O5S/c22-17-15-3-1-2-4-16(15)26-19(13-20-17)7-5-14(6-8-19)18(23)21-9-11-27(24,25)12-10-21/h1-4,14H,5-13H2,(H,20,22). The lowest BCUT2D eigenvalue weighted by molar-refractivity contribution is -0.137. The van der Waals surface area contributed by atoms with E-state index in [4.69, 9.17) is 4.74 Å². The van der Waals surface area contributed by atoms with Gasteiger partial charge >= 0.3 is 0 Å². The molecule has 1 spiro atoms. The minimum atomic E-state index is -2.99. The lowest BCUT2D eigenvalue weighted by atomic mass is 9.78. The van der Waals surface area contributed by atoms with Crippen molar-refractivity contribution in [2.24, 2.45) is 5.92 Å². The maximum Gasteiger partial charge on any atom is 0.255 e. The Morgan fingerprint density at radius 3 is 2.52 bits per heavy atom. The molecule has 2 aliphatic heterocycles. The SMILES string of the molecule is O=C1NCC2(CCC(C(=O)N3CCS(=O)(=O)CC3)CC2)Oc2ccccc21. The van der Waals surface area contributed by atoms with Gasteiger partial charge < -0.3 is 15.0 Å². The van der Waals surface area contributed by atoms with Crippen LogP contribution in [0.5, 0.6) is 5.75 Å². The molecule has 4 rings (SSSR count). The number of nitrogens with one attached hydrogen (secondary N) is 1. The van der Waals surface area contributed by atoms with E-state index in [-0.39, 0.29) is 29.2 Å². The number of fused-ring (bicyclic) bond motifs is 1. The number of benzene rings is 1. The van der Waals surface area contributed by atoms with Crippen LogP contribution in [-0.4, -0.2) is 61.9 Å². The molecule has 8 heteroatoms. The zero-order valence-corrected chi connectivity index (χ0v) is 16.0. The fourth-order valence-electron chi connectivity index (χ4n) is 4.21. The zero-order valence-electron chi connectivity index (χ0n) is 15.1. The number of para-hydroxylation sites is 1. The van der Waals surface area contributed by atoms with Crippen molar-refractivity contribution in [2.45, 2.75) is 31.3 Å². The molecular formula is C19H24N2O5S. The Hall–Kier alpha value is -2.09. The van der Waals surface area contributed by atoms with E-state index in [0.717, 1.165) is 0 Å². The van der Waals surface area contributed by atoms with Crippen LogP contribution in [0, 0.1) is 5.92 Å². The van der Waals surface area contributed by atoms with Gasteiger partial charge in [0.25, 0.3) is 5.91 Å². The number of rotatable bonds is 1. The van der Waals surface area contributed by atoms with Gasteiger partial charge in [0.2, 0.25) is 5.91 Å². The maximum atomic E-state index is 12.8. The predicted molar refractivity (Wildman–Crippen MR) is 99.3 cm³/mol. The van der Waals surface area contributed by atoms with Gasteiger partial charge in [-0.15, -0.1) is 0 Å². The fourth-order valence-corrected chi connectivity index (χ4v) is 5.41. The first-order chi connectivity index (χ1) is 12.9. The third-order valence-electron chi connectivity index (χ3n) is 5.93. The average Bonchev–Trinajstić information content (AvgIpc) is 2.79. The Balaban J connectivity index is 1.41. The highest BCUT2D eigenvalue weighted by Gasteiger charge is 2.43. The summed E-state index contributed by atoms with van der Waals surface area (Å²) in [7, 11) is -2.99. The lowest BCUT2D eigenvalue weighted by Crippen LogP contribution is -2.51. The average molecular weight is 392 g/mol. The van der Waals surface area contributed by atoms with E-state index in [1.807, 2.05) is 18.2 Å². The second kappa shape index (κ2) is 6.82. The second-order valence-corrected chi connectivity index (χ2v) is 10.0. The second-order valence-electron chi connectivity index (χ2n) is 7.72. The van der Waals surface area contributed by atoms with Gasteiger partial charge in [0.1, 0.15) is 11.4 Å². The lowest BCUT2D eigenvalue weighted by Gasteiger charge is -2.40. The number of carbonyl (C=O) groups excluding carboxylic acids is 2. The van der Waals surface area contributed by atoms with Gasteiger partial charge in [-0.1, -0.05) is 12.1 Å². The summed E-state index contributed by atoms with van der Waals surface area (Å²) in [6.45, 7) is 1.02. The summed E-state index contributed by atoms with van der Waals surface area (Å²) in [4.78, 5) is 26.7. The Morgan fingerprint density at radius 1 is 1.15 bits per heavy atom. The fraction of sp³-hybridized carbons (Fsp3) is 0.579. The summed E-state index contributed by atoms with van der Waals surface area (Å²) in [5.74, 6) is 0.531. The molecule has 1 saturated heterocycles. The first-order valence-electron chi connectivity index (χ1n) is 9.43. The Morgan fingerprint density at radius 2 is 1.81 bits per heavy atom. The molecule has 7 nitrogen and oxygen atoms in total. The molecule has 0 bridgehead atoms. The number of amides is 2. The Labute approximate surface area is 159 Å². The highest BCUT2D eigenvalue weighted by Crippen LogP contribution is 2.38. The van der Waals surface area contributed by atoms with Gasteiger partial charge in [-0.25, -0.2) is 8.42 Å². The molecule has 2 amide bonds. The summed E-state index contributed by atoms with van der Waals surface area (Å²) in [5.41, 5.74) is 0.0617. The predicted octanol–water partition coefficient (Wildman–Crippen LogP) is 0.995. The Kier molecular flexibility index (Phi) is 4.61. The summed E-state index contributed by atoms with van der Waals surface area (Å²) < 4.78 is 29.4. The molecule has 0 atom stereocenters. The van der Waals surface area contributed by atoms with Crippen LogP contribution in [0.3, 0.4) is 0 Å². The van der Waals surface area contributed by atoms with Gasteiger partial charge in [-0.05, 0) is 37.8 Å². The van der Waals surface area contributed by atoms with Crippen molar-refractivity contribution >= 4 is 21.7 Å². The Bertz CT molecular complexity index is 845. The van der Waals surface area contributed by atoms with Crippen molar-refractivity contribution in [2.75, 3.05) is 31.1 Å². The molecule has 146 valence electrons. The molecule has 1 aromatic carbocycles. The number of hydrogen-bond acceptors (Lipinski definition) is 5. The van der Waals surface area contributed by atoms with Crippen LogP contribution >= 0.6 is 0 Å². The number of ether oxygens (including phenoxy) is 1. The maximum absolute atomic E-state index is 12.8. The zero-order chi connectivity index (χ0) is 19.1. The first kappa shape index (κ1) is 18.3. The van der Waals surface area contributed by atoms with Crippen LogP contribution in [0.2, 0.25) is 0 Å². The highest BCUT2D eigenvalue weighted by molar-refractivity contribution is 7.91. The van der Waals surface area contributed by atoms with Gasteiger partial charge in [0.05, 0.1) is 23.6 Å². The van der Waals surface area contributed by atoms with Crippen molar-refractivity contribution in [3.63, 3.8) is 0 Å². The van der Waals surface area contributed by atoms with Crippen LogP contribution in [-0.2, 0) is 14.6 Å². The molecule has 0 aromatic heterocycles. The van der Waals surface area contributed by atoms with E-state index in [2.05, 4.69) is 5.32 Å². The first-order valence-corrected chi connectivity index (χ1v) is 11.3. The van der Waals surface area contributed by atoms with E-state index in [0.29, 0.717) is 56.6 Å². The number of hydrogen-bond donors (Lipinski definition) is 1. The number of carbonyl (C=O) groups is 2. The molecule has 0 unspecified atom stereocenters. The van der Waals surface area contributed by atoms with Crippen molar-refractivity contribution in [3.8, 4) is 5.75 Å². The molecular weight excluding hydrogens is 368 g/mol. The van der Waals surface area contributed by atoms with Gasteiger partial charge in [-0.3, -0.25) is 9.59 Å². The smallest absolute Gasteiger partial charge is 0.255 e. The van der Waals surface area contributed by atoms with E-state index < -0.39 is 15.4 Å². The van der Waals surface area contributed by atoms with E-state index in [9.17, 15) is 18.0 Å². The molecule has 1 N–H and O–H groups in total. The van der Waals surface area contributed by atoms with Crippen LogP contribution in [0.15, 0.2) is 24.3 Å². The summed E-state index contributed by atoms with van der Waals surface area (Å²) in [6.07, 6.45) is 2.73. The molecule has 3 aliphatic rings. The molecule has 1 aromatic rings. The molecule has 2 heterocycles. The topological polar surface area (TPSA) is 92.8 Å². The van der Waals surface area contributed by atoms with E-state index in [1.165, 1.54) is 0 Å². The molecule has 2 fully saturated rings. The quantitative estimate of drug-likeness (QED) is 0.770. The van der Waals surface area contributed by atoms with Crippen molar-refractivity contribution in [1.29, 1.82) is 0 Å². The molecule has 27 heavy (non-hydrogen) atoms. The minimum absolute atomic E-state index is 0.0535. The summed E-state index contributed by atoms with van der Waals surface area (Å²) >= 11 is 0. The van der Waals surface area contributed by atoms with Crippen molar-refractivity contribution in [3.05, 3.63) is 29.8 Å². The number of nitrogens with zero attached hydrogens (tertiary/aromatic N) is 1. The highest BCUT2D eigenvalue weighted by atomic mass is 32.2. The summed E-state index contributed by atoms with van der Waals surface area (Å²) in [6, 6.07) is 7.23. The molecule has 1 saturated carbocycles.